The first-order chi connectivity index (χ1) is 8.76. The quantitative estimate of drug-likeness (QED) is 0.728. The summed E-state index contributed by atoms with van der Waals surface area (Å²) in [6, 6.07) is 0.300. The highest BCUT2D eigenvalue weighted by atomic mass is 16.5. The highest BCUT2D eigenvalue weighted by Crippen LogP contribution is 2.11. The maximum Gasteiger partial charge on any atom is 0.138 e. The molecule has 0 amide bonds. The van der Waals surface area contributed by atoms with E-state index in [2.05, 4.69) is 36.2 Å². The van der Waals surface area contributed by atoms with E-state index in [9.17, 15) is 0 Å². The number of nitrogens with zero attached hydrogens (tertiary/aromatic N) is 3. The molecule has 1 aromatic heterocycles. The average Bonchev–Trinajstić information content (AvgIpc) is 2.82. The molecule has 104 valence electrons. The van der Waals surface area contributed by atoms with Gasteiger partial charge in [-0.1, -0.05) is 20.3 Å². The van der Waals surface area contributed by atoms with Crippen molar-refractivity contribution in [1.29, 1.82) is 0 Å². The Morgan fingerprint density at radius 1 is 1.39 bits per heavy atom. The lowest BCUT2D eigenvalue weighted by molar-refractivity contribution is 0.0604. The minimum absolute atomic E-state index is 0.233. The summed E-state index contributed by atoms with van der Waals surface area (Å²) >= 11 is 0. The van der Waals surface area contributed by atoms with Crippen LogP contribution in [0.3, 0.4) is 0 Å². The van der Waals surface area contributed by atoms with Gasteiger partial charge in [-0.3, -0.25) is 4.68 Å². The van der Waals surface area contributed by atoms with Gasteiger partial charge in [0.25, 0.3) is 0 Å². The van der Waals surface area contributed by atoms with Gasteiger partial charge in [-0.25, -0.2) is 4.98 Å². The Hall–Kier alpha value is -0.940. The van der Waals surface area contributed by atoms with E-state index in [0.29, 0.717) is 6.04 Å². The molecule has 0 radical (unpaired) electrons. The van der Waals surface area contributed by atoms with E-state index in [0.717, 1.165) is 38.2 Å². The summed E-state index contributed by atoms with van der Waals surface area (Å²) in [6.07, 6.45) is 4.91. The summed E-state index contributed by atoms with van der Waals surface area (Å²) in [6.45, 7) is 8.19. The van der Waals surface area contributed by atoms with Gasteiger partial charge in [0.15, 0.2) is 0 Å². The third-order valence-electron chi connectivity index (χ3n) is 3.19. The lowest BCUT2D eigenvalue weighted by atomic mass is 10.0. The molecule has 0 aromatic carbocycles. The molecule has 1 rings (SSSR count). The van der Waals surface area contributed by atoms with Crippen LogP contribution in [0, 0.1) is 0 Å². The Balaban J connectivity index is 2.72. The van der Waals surface area contributed by atoms with Crippen LogP contribution in [0.5, 0.6) is 0 Å². The van der Waals surface area contributed by atoms with Crippen LogP contribution in [0.25, 0.3) is 0 Å². The summed E-state index contributed by atoms with van der Waals surface area (Å²) in [7, 11) is 1.79. The largest absolute Gasteiger partial charge is 0.380 e. The predicted octanol–water partition coefficient (Wildman–Crippen LogP) is 1.63. The van der Waals surface area contributed by atoms with Crippen LogP contribution in [-0.4, -0.2) is 40.6 Å². The molecule has 0 aliphatic carbocycles. The third-order valence-corrected chi connectivity index (χ3v) is 3.19. The number of aromatic nitrogens is 3. The second-order valence-electron chi connectivity index (χ2n) is 4.42. The molecular formula is C13H26N4O. The molecule has 1 heterocycles. The fraction of sp³-hybridized carbons (Fsp3) is 0.846. The van der Waals surface area contributed by atoms with Crippen LogP contribution in [0.15, 0.2) is 6.33 Å². The van der Waals surface area contributed by atoms with Crippen LogP contribution in [-0.2, 0) is 17.7 Å². The first-order valence-corrected chi connectivity index (χ1v) is 6.89. The summed E-state index contributed by atoms with van der Waals surface area (Å²) < 4.78 is 7.56. The topological polar surface area (TPSA) is 52.0 Å². The van der Waals surface area contributed by atoms with Crippen LogP contribution in [0.1, 0.15) is 39.4 Å². The molecule has 2 unspecified atom stereocenters. The predicted molar refractivity (Wildman–Crippen MR) is 72.6 cm³/mol. The molecule has 5 nitrogen and oxygen atoms in total. The summed E-state index contributed by atoms with van der Waals surface area (Å²) in [5, 5.41) is 7.72. The second kappa shape index (κ2) is 8.21. The molecule has 1 N–H and O–H groups in total. The zero-order valence-corrected chi connectivity index (χ0v) is 12.0. The number of methoxy groups -OCH3 is 1. The van der Waals surface area contributed by atoms with Crippen molar-refractivity contribution in [3.8, 4) is 0 Å². The molecular weight excluding hydrogens is 228 g/mol. The van der Waals surface area contributed by atoms with E-state index < -0.39 is 0 Å². The van der Waals surface area contributed by atoms with Crippen molar-refractivity contribution in [2.45, 2.75) is 58.7 Å². The van der Waals surface area contributed by atoms with Gasteiger partial charge in [0.2, 0.25) is 0 Å². The molecule has 0 saturated carbocycles. The standard InChI is InChI=1S/C13H26N4O/c1-5-8-12(18-4)11(14-6-2)9-13-15-10-16-17(13)7-3/h10-12,14H,5-9H2,1-4H3. The molecule has 0 bridgehead atoms. The van der Waals surface area contributed by atoms with E-state index in [4.69, 9.17) is 4.74 Å². The van der Waals surface area contributed by atoms with Gasteiger partial charge in [0.05, 0.1) is 6.10 Å². The Morgan fingerprint density at radius 2 is 2.17 bits per heavy atom. The molecule has 0 fully saturated rings. The van der Waals surface area contributed by atoms with E-state index in [1.807, 2.05) is 4.68 Å². The van der Waals surface area contributed by atoms with Crippen LogP contribution >= 0.6 is 0 Å². The minimum Gasteiger partial charge on any atom is -0.380 e. The molecule has 5 heteroatoms. The normalized spacial score (nSPS) is 14.7. The van der Waals surface area contributed by atoms with E-state index in [1.165, 1.54) is 0 Å². The minimum atomic E-state index is 0.233. The fourth-order valence-corrected chi connectivity index (χ4v) is 2.27. The molecule has 0 aliphatic rings. The van der Waals surface area contributed by atoms with Crippen LogP contribution < -0.4 is 5.32 Å². The van der Waals surface area contributed by atoms with E-state index in [1.54, 1.807) is 13.4 Å². The summed E-state index contributed by atoms with van der Waals surface area (Å²) in [5.74, 6) is 1.03. The van der Waals surface area contributed by atoms with Gasteiger partial charge >= 0.3 is 0 Å². The number of ether oxygens (including phenoxy) is 1. The van der Waals surface area contributed by atoms with Gasteiger partial charge < -0.3 is 10.1 Å². The van der Waals surface area contributed by atoms with Crippen LogP contribution in [0.4, 0.5) is 0 Å². The fourth-order valence-electron chi connectivity index (χ4n) is 2.27. The molecule has 2 atom stereocenters. The Kier molecular flexibility index (Phi) is 6.90. The van der Waals surface area contributed by atoms with Crippen molar-refractivity contribution in [1.82, 2.24) is 20.1 Å². The number of hydrogen-bond acceptors (Lipinski definition) is 4. The highest BCUT2D eigenvalue weighted by molar-refractivity contribution is 4.92. The number of nitrogens with one attached hydrogen (secondary N) is 1. The number of hydrogen-bond donors (Lipinski definition) is 1. The maximum absolute atomic E-state index is 5.61. The number of likely N-dealkylation sites (N-methyl/N-ethyl adjacent to an activating group) is 1. The molecule has 0 aliphatic heterocycles. The SMILES string of the molecule is CCCC(OC)C(Cc1ncnn1CC)NCC. The van der Waals surface area contributed by atoms with Crippen molar-refractivity contribution in [3.63, 3.8) is 0 Å². The van der Waals surface area contributed by atoms with Crippen LogP contribution in [0.2, 0.25) is 0 Å². The first kappa shape index (κ1) is 15.1. The maximum atomic E-state index is 5.61. The zero-order chi connectivity index (χ0) is 13.4. The smallest absolute Gasteiger partial charge is 0.138 e. The van der Waals surface area contributed by atoms with E-state index >= 15 is 0 Å². The lowest BCUT2D eigenvalue weighted by Gasteiger charge is -2.26. The summed E-state index contributed by atoms with van der Waals surface area (Å²) in [5.41, 5.74) is 0. The van der Waals surface area contributed by atoms with Crippen molar-refractivity contribution in [2.75, 3.05) is 13.7 Å². The molecule has 1 aromatic rings. The summed E-state index contributed by atoms with van der Waals surface area (Å²) in [4.78, 5) is 4.34. The van der Waals surface area contributed by atoms with Gasteiger partial charge in [0, 0.05) is 26.1 Å². The van der Waals surface area contributed by atoms with Gasteiger partial charge in [-0.15, -0.1) is 0 Å². The third kappa shape index (κ3) is 4.07. The Morgan fingerprint density at radius 3 is 2.72 bits per heavy atom. The Labute approximate surface area is 110 Å². The molecule has 18 heavy (non-hydrogen) atoms. The second-order valence-corrected chi connectivity index (χ2v) is 4.42. The molecule has 0 saturated heterocycles. The van der Waals surface area contributed by atoms with E-state index in [-0.39, 0.29) is 6.10 Å². The monoisotopic (exact) mass is 254 g/mol. The Bertz CT molecular complexity index is 327. The van der Waals surface area contributed by atoms with Crippen molar-refractivity contribution in [3.05, 3.63) is 12.2 Å². The number of aryl methyl sites for hydroxylation is 1. The average molecular weight is 254 g/mol. The van der Waals surface area contributed by atoms with Gasteiger partial charge in [-0.05, 0) is 19.9 Å². The first-order valence-electron chi connectivity index (χ1n) is 6.89. The van der Waals surface area contributed by atoms with Gasteiger partial charge in [0.1, 0.15) is 12.2 Å². The van der Waals surface area contributed by atoms with Gasteiger partial charge in [-0.2, -0.15) is 5.10 Å². The van der Waals surface area contributed by atoms with Crippen molar-refractivity contribution >= 4 is 0 Å². The highest BCUT2D eigenvalue weighted by Gasteiger charge is 2.22. The number of rotatable bonds is 9. The zero-order valence-electron chi connectivity index (χ0n) is 12.0. The lowest BCUT2D eigenvalue weighted by Crippen LogP contribution is -2.43. The molecule has 0 spiro atoms. The van der Waals surface area contributed by atoms with Crippen molar-refractivity contribution in [2.24, 2.45) is 0 Å². The van der Waals surface area contributed by atoms with Crippen molar-refractivity contribution < 1.29 is 4.74 Å².